The largest absolute Gasteiger partial charge is 0.486 e. The van der Waals surface area contributed by atoms with Gasteiger partial charge in [-0.3, -0.25) is 5.84 Å². The first-order valence-corrected chi connectivity index (χ1v) is 7.06. The number of para-hydroxylation sites is 2. The van der Waals surface area contributed by atoms with Gasteiger partial charge in [0, 0.05) is 4.88 Å². The number of aryl methyl sites for hydroxylation is 1. The van der Waals surface area contributed by atoms with Crippen LogP contribution in [-0.2, 0) is 0 Å². The molecule has 2 unspecified atom stereocenters. The fourth-order valence-electron chi connectivity index (χ4n) is 2.25. The predicted molar refractivity (Wildman–Crippen MR) is 75.5 cm³/mol. The Morgan fingerprint density at radius 3 is 2.79 bits per heavy atom. The highest BCUT2D eigenvalue weighted by atomic mass is 32.1. The minimum atomic E-state index is -0.128. The van der Waals surface area contributed by atoms with E-state index in [-0.39, 0.29) is 12.1 Å². The molecule has 0 radical (unpaired) electrons. The Kier molecular flexibility index (Phi) is 3.42. The van der Waals surface area contributed by atoms with Crippen LogP contribution >= 0.6 is 11.3 Å². The van der Waals surface area contributed by atoms with Crippen LogP contribution in [0.25, 0.3) is 0 Å². The van der Waals surface area contributed by atoms with E-state index in [0.29, 0.717) is 6.61 Å². The molecule has 3 rings (SSSR count). The molecule has 0 spiro atoms. The van der Waals surface area contributed by atoms with Crippen molar-refractivity contribution in [2.75, 3.05) is 6.61 Å². The first kappa shape index (κ1) is 12.5. The number of hydrogen-bond acceptors (Lipinski definition) is 5. The summed E-state index contributed by atoms with van der Waals surface area (Å²) in [5.74, 6) is 7.27. The van der Waals surface area contributed by atoms with Crippen LogP contribution < -0.4 is 20.7 Å². The Morgan fingerprint density at radius 2 is 2.11 bits per heavy atom. The van der Waals surface area contributed by atoms with Crippen molar-refractivity contribution >= 4 is 11.3 Å². The zero-order valence-corrected chi connectivity index (χ0v) is 11.4. The van der Waals surface area contributed by atoms with E-state index in [1.807, 2.05) is 24.3 Å². The Hall–Kier alpha value is -1.56. The van der Waals surface area contributed by atoms with Crippen molar-refractivity contribution in [1.29, 1.82) is 0 Å². The van der Waals surface area contributed by atoms with Crippen LogP contribution in [-0.4, -0.2) is 12.7 Å². The number of benzene rings is 1. The van der Waals surface area contributed by atoms with Gasteiger partial charge in [-0.25, -0.2) is 5.43 Å². The fraction of sp³-hybridized carbons (Fsp3) is 0.286. The maximum Gasteiger partial charge on any atom is 0.161 e. The van der Waals surface area contributed by atoms with Crippen molar-refractivity contribution in [2.45, 2.75) is 19.1 Å². The lowest BCUT2D eigenvalue weighted by atomic mass is 10.1. The number of rotatable bonds is 3. The van der Waals surface area contributed by atoms with Crippen molar-refractivity contribution in [3.8, 4) is 11.5 Å². The second-order valence-electron chi connectivity index (χ2n) is 4.53. The summed E-state index contributed by atoms with van der Waals surface area (Å²) in [6, 6.07) is 9.72. The maximum absolute atomic E-state index is 6.00. The highest BCUT2D eigenvalue weighted by Crippen LogP contribution is 2.35. The summed E-state index contributed by atoms with van der Waals surface area (Å²) in [4.78, 5) is 1.19. The molecule has 0 saturated heterocycles. The zero-order valence-electron chi connectivity index (χ0n) is 10.6. The summed E-state index contributed by atoms with van der Waals surface area (Å²) in [5.41, 5.74) is 4.07. The van der Waals surface area contributed by atoms with Gasteiger partial charge in [0.05, 0.1) is 6.04 Å². The molecule has 0 amide bonds. The van der Waals surface area contributed by atoms with Gasteiger partial charge in [0.1, 0.15) is 6.61 Å². The Morgan fingerprint density at radius 1 is 1.32 bits per heavy atom. The van der Waals surface area contributed by atoms with Gasteiger partial charge in [0.15, 0.2) is 17.6 Å². The van der Waals surface area contributed by atoms with Gasteiger partial charge in [-0.2, -0.15) is 0 Å². The summed E-state index contributed by atoms with van der Waals surface area (Å²) < 4.78 is 11.7. The van der Waals surface area contributed by atoms with Crippen LogP contribution in [0, 0.1) is 6.92 Å². The monoisotopic (exact) mass is 276 g/mol. The maximum atomic E-state index is 6.00. The van der Waals surface area contributed by atoms with E-state index in [1.54, 1.807) is 11.3 Å². The average molecular weight is 276 g/mol. The van der Waals surface area contributed by atoms with Crippen LogP contribution in [0.2, 0.25) is 0 Å². The van der Waals surface area contributed by atoms with Crippen LogP contribution in [0.3, 0.4) is 0 Å². The molecule has 0 bridgehead atoms. The van der Waals surface area contributed by atoms with Crippen LogP contribution in [0.5, 0.6) is 11.5 Å². The summed E-state index contributed by atoms with van der Waals surface area (Å²) in [5, 5.41) is 2.06. The number of fused-ring (bicyclic) bond motifs is 1. The number of nitrogens with one attached hydrogen (secondary N) is 1. The highest BCUT2D eigenvalue weighted by Gasteiger charge is 2.30. The Bertz CT molecular complexity index is 570. The zero-order chi connectivity index (χ0) is 13.2. The first-order chi connectivity index (χ1) is 9.29. The molecule has 2 aromatic rings. The minimum Gasteiger partial charge on any atom is -0.486 e. The quantitative estimate of drug-likeness (QED) is 0.667. The number of nitrogens with two attached hydrogens (primary N) is 1. The molecular weight excluding hydrogens is 260 g/mol. The second-order valence-corrected chi connectivity index (χ2v) is 5.47. The topological polar surface area (TPSA) is 56.5 Å². The third-order valence-electron chi connectivity index (χ3n) is 3.27. The number of hydrazine groups is 1. The summed E-state index contributed by atoms with van der Waals surface area (Å²) in [6.45, 7) is 2.57. The van der Waals surface area contributed by atoms with Crippen molar-refractivity contribution in [3.05, 3.63) is 46.2 Å². The fourth-order valence-corrected chi connectivity index (χ4v) is 3.29. The van der Waals surface area contributed by atoms with Gasteiger partial charge >= 0.3 is 0 Å². The standard InChI is InChI=1S/C14H16N2O2S/c1-9-6-7-19-14(9)13(16-15)12-8-17-10-4-2-3-5-11(10)18-12/h2-7,12-13,16H,8,15H2,1H3. The Labute approximate surface area is 116 Å². The molecule has 1 aromatic carbocycles. The SMILES string of the molecule is Cc1ccsc1C(NN)C1COc2ccccc2O1. The van der Waals surface area contributed by atoms with Gasteiger partial charge < -0.3 is 9.47 Å². The van der Waals surface area contributed by atoms with E-state index in [9.17, 15) is 0 Å². The van der Waals surface area contributed by atoms with Gasteiger partial charge in [0.25, 0.3) is 0 Å². The summed E-state index contributed by atoms with van der Waals surface area (Å²) in [6.07, 6.45) is -0.128. The molecule has 2 atom stereocenters. The number of thiophene rings is 1. The normalized spacial score (nSPS) is 19.2. The molecule has 3 N–H and O–H groups in total. The van der Waals surface area contributed by atoms with Crippen molar-refractivity contribution in [3.63, 3.8) is 0 Å². The van der Waals surface area contributed by atoms with Crippen molar-refractivity contribution in [1.82, 2.24) is 5.43 Å². The second kappa shape index (κ2) is 5.21. The molecule has 0 fully saturated rings. The molecule has 1 aliphatic heterocycles. The van der Waals surface area contributed by atoms with Crippen LogP contribution in [0.15, 0.2) is 35.7 Å². The first-order valence-electron chi connectivity index (χ1n) is 6.18. The molecule has 5 heteroatoms. The van der Waals surface area contributed by atoms with Crippen molar-refractivity contribution in [2.24, 2.45) is 5.84 Å². The van der Waals surface area contributed by atoms with E-state index >= 15 is 0 Å². The molecule has 100 valence electrons. The molecule has 1 aromatic heterocycles. The third-order valence-corrected chi connectivity index (χ3v) is 4.37. The van der Waals surface area contributed by atoms with E-state index < -0.39 is 0 Å². The van der Waals surface area contributed by atoms with Gasteiger partial charge in [-0.05, 0) is 36.1 Å². The minimum absolute atomic E-state index is 0.0617. The van der Waals surface area contributed by atoms with E-state index in [4.69, 9.17) is 15.3 Å². The summed E-state index contributed by atoms with van der Waals surface area (Å²) >= 11 is 1.68. The lowest BCUT2D eigenvalue weighted by Gasteiger charge is -2.31. The molecule has 19 heavy (non-hydrogen) atoms. The predicted octanol–water partition coefficient (Wildman–Crippen LogP) is 2.40. The lowest BCUT2D eigenvalue weighted by Crippen LogP contribution is -2.44. The third kappa shape index (κ3) is 2.32. The van der Waals surface area contributed by atoms with E-state index in [2.05, 4.69) is 23.8 Å². The van der Waals surface area contributed by atoms with Gasteiger partial charge in [0.2, 0.25) is 0 Å². The number of ether oxygens (including phenoxy) is 2. The molecule has 2 heterocycles. The average Bonchev–Trinajstić information content (AvgIpc) is 2.86. The Balaban J connectivity index is 1.85. The molecular formula is C14H16N2O2S. The van der Waals surface area contributed by atoms with E-state index in [0.717, 1.165) is 11.5 Å². The van der Waals surface area contributed by atoms with Crippen LogP contribution in [0.4, 0.5) is 0 Å². The molecule has 4 nitrogen and oxygen atoms in total. The van der Waals surface area contributed by atoms with Gasteiger partial charge in [-0.1, -0.05) is 12.1 Å². The van der Waals surface area contributed by atoms with Gasteiger partial charge in [-0.15, -0.1) is 11.3 Å². The lowest BCUT2D eigenvalue weighted by molar-refractivity contribution is 0.0625. The molecule has 0 saturated carbocycles. The summed E-state index contributed by atoms with van der Waals surface area (Å²) in [7, 11) is 0. The van der Waals surface area contributed by atoms with Crippen molar-refractivity contribution < 1.29 is 9.47 Å². The molecule has 1 aliphatic rings. The number of hydrogen-bond donors (Lipinski definition) is 2. The molecule has 0 aliphatic carbocycles. The van der Waals surface area contributed by atoms with E-state index in [1.165, 1.54) is 10.4 Å². The smallest absolute Gasteiger partial charge is 0.161 e. The van der Waals surface area contributed by atoms with Crippen LogP contribution in [0.1, 0.15) is 16.5 Å². The highest BCUT2D eigenvalue weighted by molar-refractivity contribution is 7.10.